The first-order chi connectivity index (χ1) is 17.8. The number of H-pyrrole nitrogens is 1. The van der Waals surface area contributed by atoms with Gasteiger partial charge in [0, 0.05) is 23.6 Å². The lowest BCUT2D eigenvalue weighted by Crippen LogP contribution is -2.12. The van der Waals surface area contributed by atoms with E-state index >= 15 is 0 Å². The molecule has 196 valence electrons. The highest BCUT2D eigenvalue weighted by molar-refractivity contribution is 8.00. The Morgan fingerprint density at radius 1 is 1.00 bits per heavy atom. The lowest BCUT2D eigenvalue weighted by atomic mass is 9.94. The molecule has 3 heterocycles. The Kier molecular flexibility index (Phi) is 8.99. The Labute approximate surface area is 224 Å². The van der Waals surface area contributed by atoms with Crippen molar-refractivity contribution in [2.75, 3.05) is 10.6 Å². The fourth-order valence-corrected chi connectivity index (χ4v) is 5.34. The highest BCUT2D eigenvalue weighted by Gasteiger charge is 2.19. The number of unbranched alkanes of at least 4 members (excludes halogenated alkanes) is 3. The molecule has 11 heteroatoms. The van der Waals surface area contributed by atoms with Crippen molar-refractivity contribution in [2.45, 2.75) is 74.7 Å². The van der Waals surface area contributed by atoms with Gasteiger partial charge >= 0.3 is 0 Å². The number of thioether (sulfide) groups is 1. The molecular weight excluding hydrogens is 508 g/mol. The van der Waals surface area contributed by atoms with Gasteiger partial charge in [-0.1, -0.05) is 57.1 Å². The number of carbonyl (C=O) groups excluding carboxylic acids is 2. The maximum atomic E-state index is 12.3. The van der Waals surface area contributed by atoms with Crippen LogP contribution in [0.3, 0.4) is 0 Å². The van der Waals surface area contributed by atoms with E-state index in [9.17, 15) is 9.59 Å². The fourth-order valence-electron chi connectivity index (χ4n) is 3.60. The second-order valence-corrected chi connectivity index (χ2v) is 12.1. The van der Waals surface area contributed by atoms with E-state index in [1.165, 1.54) is 11.3 Å². The first-order valence-electron chi connectivity index (χ1n) is 12.3. The number of aromatic nitrogens is 4. The lowest BCUT2D eigenvalue weighted by Gasteiger charge is -2.12. The average Bonchev–Trinajstić information content (AvgIpc) is 3.60. The summed E-state index contributed by atoms with van der Waals surface area (Å²) in [5.74, 6) is 2.63. The predicted molar refractivity (Wildman–Crippen MR) is 148 cm³/mol. The standard InChI is InChI=1S/C26H32N6O3S2/c1-26(2,3)19-14-27-22(35-19)16-36-23-15-28-25(37-23)30-21(34)13-7-5-4-6-12-20(33)29-24-17-10-8-9-11-18(17)31-32-24/h8-11,14-15H,4-7,12-13,16H2,1-3H3,(H,28,30,34)(H2,29,31,32,33). The zero-order valence-corrected chi connectivity index (χ0v) is 22.9. The molecule has 4 rings (SSSR count). The number of oxazole rings is 1. The molecule has 3 N–H and O–H groups in total. The predicted octanol–water partition coefficient (Wildman–Crippen LogP) is 6.52. The van der Waals surface area contributed by atoms with Crippen molar-refractivity contribution >= 4 is 56.8 Å². The van der Waals surface area contributed by atoms with Crippen molar-refractivity contribution in [2.24, 2.45) is 0 Å². The van der Waals surface area contributed by atoms with Gasteiger partial charge in [0.15, 0.2) is 10.9 Å². The third-order valence-corrected chi connectivity index (χ3v) is 7.74. The smallest absolute Gasteiger partial charge is 0.226 e. The molecular formula is C26H32N6O3S2. The van der Waals surface area contributed by atoms with Crippen LogP contribution >= 0.6 is 23.1 Å². The van der Waals surface area contributed by atoms with Crippen LogP contribution < -0.4 is 10.6 Å². The molecule has 9 nitrogen and oxygen atoms in total. The Morgan fingerprint density at radius 3 is 2.46 bits per heavy atom. The van der Waals surface area contributed by atoms with E-state index in [1.54, 1.807) is 24.2 Å². The van der Waals surface area contributed by atoms with Crippen LogP contribution in [-0.4, -0.2) is 32.0 Å². The van der Waals surface area contributed by atoms with Crippen LogP contribution in [-0.2, 0) is 20.8 Å². The Balaban J connectivity index is 1.08. The van der Waals surface area contributed by atoms with E-state index in [0.717, 1.165) is 46.6 Å². The number of rotatable bonds is 12. The van der Waals surface area contributed by atoms with Crippen LogP contribution in [0.1, 0.15) is 70.9 Å². The second kappa shape index (κ2) is 12.4. The normalized spacial score (nSPS) is 11.6. The number of amides is 2. The number of benzene rings is 1. The van der Waals surface area contributed by atoms with Crippen molar-refractivity contribution in [3.63, 3.8) is 0 Å². The minimum absolute atomic E-state index is 0.0448. The van der Waals surface area contributed by atoms with Crippen molar-refractivity contribution in [3.8, 4) is 0 Å². The van der Waals surface area contributed by atoms with Gasteiger partial charge in [-0.2, -0.15) is 5.10 Å². The summed E-state index contributed by atoms with van der Waals surface area (Å²) in [4.78, 5) is 33.1. The van der Waals surface area contributed by atoms with Gasteiger partial charge in [-0.05, 0) is 25.0 Å². The van der Waals surface area contributed by atoms with Crippen molar-refractivity contribution in [1.29, 1.82) is 0 Å². The summed E-state index contributed by atoms with van der Waals surface area (Å²) in [5.41, 5.74) is 0.826. The summed E-state index contributed by atoms with van der Waals surface area (Å²) in [7, 11) is 0. The molecule has 0 radical (unpaired) electrons. The maximum Gasteiger partial charge on any atom is 0.226 e. The highest BCUT2D eigenvalue weighted by Crippen LogP contribution is 2.32. The number of thiazole rings is 1. The van der Waals surface area contributed by atoms with Crippen molar-refractivity contribution in [3.05, 3.63) is 48.3 Å². The van der Waals surface area contributed by atoms with E-state index in [0.29, 0.717) is 35.4 Å². The fraction of sp³-hybridized carbons (Fsp3) is 0.423. The van der Waals surface area contributed by atoms with Gasteiger partial charge in [-0.25, -0.2) is 9.97 Å². The molecule has 0 aliphatic heterocycles. The molecule has 2 amide bonds. The lowest BCUT2D eigenvalue weighted by molar-refractivity contribution is -0.117. The van der Waals surface area contributed by atoms with Crippen LogP contribution in [0.25, 0.3) is 10.9 Å². The number of hydrogen-bond acceptors (Lipinski definition) is 8. The summed E-state index contributed by atoms with van der Waals surface area (Å²) < 4.78 is 6.81. The third kappa shape index (κ3) is 7.90. The quantitative estimate of drug-likeness (QED) is 0.138. The Morgan fingerprint density at radius 2 is 1.73 bits per heavy atom. The Bertz CT molecular complexity index is 1340. The summed E-state index contributed by atoms with van der Waals surface area (Å²) >= 11 is 3.03. The van der Waals surface area contributed by atoms with Crippen LogP contribution in [0, 0.1) is 0 Å². The van der Waals surface area contributed by atoms with Gasteiger partial charge < -0.3 is 15.1 Å². The number of para-hydroxylation sites is 1. The number of fused-ring (bicyclic) bond motifs is 1. The molecule has 0 saturated carbocycles. The van der Waals surface area contributed by atoms with Crippen LogP contribution in [0.15, 0.2) is 45.3 Å². The molecule has 0 saturated heterocycles. The van der Waals surface area contributed by atoms with Crippen molar-refractivity contribution < 1.29 is 14.0 Å². The Hall–Kier alpha value is -3.18. The number of hydrogen-bond donors (Lipinski definition) is 3. The van der Waals surface area contributed by atoms with Gasteiger partial charge in [0.25, 0.3) is 0 Å². The summed E-state index contributed by atoms with van der Waals surface area (Å²) in [6.45, 7) is 6.27. The number of nitrogens with zero attached hydrogens (tertiary/aromatic N) is 3. The van der Waals surface area contributed by atoms with Crippen molar-refractivity contribution in [1.82, 2.24) is 20.2 Å². The van der Waals surface area contributed by atoms with Gasteiger partial charge in [-0.3, -0.25) is 14.7 Å². The maximum absolute atomic E-state index is 12.3. The van der Waals surface area contributed by atoms with Gasteiger partial charge in [0.1, 0.15) is 5.76 Å². The number of carbonyl (C=O) groups is 2. The molecule has 0 bridgehead atoms. The topological polar surface area (TPSA) is 126 Å². The van der Waals surface area contributed by atoms with E-state index in [2.05, 4.69) is 51.6 Å². The van der Waals surface area contributed by atoms with Gasteiger partial charge in [-0.15, -0.1) is 11.8 Å². The van der Waals surface area contributed by atoms with Crippen LogP contribution in [0.2, 0.25) is 0 Å². The monoisotopic (exact) mass is 540 g/mol. The molecule has 0 aliphatic rings. The van der Waals surface area contributed by atoms with E-state index < -0.39 is 0 Å². The first kappa shape index (κ1) is 26.9. The third-order valence-electron chi connectivity index (χ3n) is 5.65. The molecule has 37 heavy (non-hydrogen) atoms. The molecule has 4 aromatic rings. The zero-order chi connectivity index (χ0) is 26.3. The largest absolute Gasteiger partial charge is 0.444 e. The molecule has 0 spiro atoms. The zero-order valence-electron chi connectivity index (χ0n) is 21.3. The molecule has 0 unspecified atom stereocenters. The van der Waals surface area contributed by atoms with Gasteiger partial charge in [0.05, 0.1) is 27.9 Å². The molecule has 1 aromatic carbocycles. The second-order valence-electron chi connectivity index (χ2n) is 9.77. The van der Waals surface area contributed by atoms with Crippen LogP contribution in [0.4, 0.5) is 10.9 Å². The summed E-state index contributed by atoms with van der Waals surface area (Å²) in [5, 5.41) is 14.3. The summed E-state index contributed by atoms with van der Waals surface area (Å²) in [6.07, 6.45) is 7.71. The number of aromatic amines is 1. The number of anilines is 2. The average molecular weight is 541 g/mol. The molecule has 0 fully saturated rings. The highest BCUT2D eigenvalue weighted by atomic mass is 32.2. The first-order valence-corrected chi connectivity index (χ1v) is 14.1. The SMILES string of the molecule is CC(C)(C)c1cnc(CSc2cnc(NC(=O)CCCCCCC(=O)Nc3n[nH]c4ccccc34)s2)o1. The van der Waals surface area contributed by atoms with E-state index in [1.807, 2.05) is 24.3 Å². The van der Waals surface area contributed by atoms with E-state index in [-0.39, 0.29) is 17.2 Å². The molecule has 3 aromatic heterocycles. The minimum Gasteiger partial charge on any atom is -0.444 e. The van der Waals surface area contributed by atoms with Gasteiger partial charge in [0.2, 0.25) is 17.7 Å². The summed E-state index contributed by atoms with van der Waals surface area (Å²) in [6, 6.07) is 7.68. The molecule has 0 aliphatic carbocycles. The minimum atomic E-state index is -0.0668. The van der Waals surface area contributed by atoms with Crippen LogP contribution in [0.5, 0.6) is 0 Å². The molecule has 0 atom stereocenters. The number of nitrogens with one attached hydrogen (secondary N) is 3. The van der Waals surface area contributed by atoms with E-state index in [4.69, 9.17) is 4.42 Å².